The zero-order valence-electron chi connectivity index (χ0n) is 16.1. The molecule has 0 spiro atoms. The van der Waals surface area contributed by atoms with E-state index in [4.69, 9.17) is 5.73 Å². The largest absolute Gasteiger partial charge is 0.468 e. The molecule has 6 heteroatoms. The third kappa shape index (κ3) is 4.82. The quantitative estimate of drug-likeness (QED) is 0.593. The number of nitrogens with two attached hydrogens (primary N) is 1. The van der Waals surface area contributed by atoms with Crippen molar-refractivity contribution in [1.82, 2.24) is 5.32 Å². The Bertz CT molecular complexity index is 784. The number of hydrogen-bond acceptors (Lipinski definition) is 5. The van der Waals surface area contributed by atoms with Crippen LogP contribution in [-0.2, 0) is 14.3 Å². The second-order valence-electron chi connectivity index (χ2n) is 7.10. The third-order valence-electron chi connectivity index (χ3n) is 5.35. The highest BCUT2D eigenvalue weighted by molar-refractivity contribution is 5.87. The Hall–Kier alpha value is -3.02. The van der Waals surface area contributed by atoms with Crippen molar-refractivity contribution < 1.29 is 14.3 Å². The number of carbonyl (C=O) groups excluding carboxylic acids is 2. The van der Waals surface area contributed by atoms with Gasteiger partial charge in [-0.1, -0.05) is 30.3 Å². The number of nitrogens with zero attached hydrogens (tertiary/aromatic N) is 1. The number of hydrogen-bond donors (Lipinski definition) is 2. The number of rotatable bonds is 6. The van der Waals surface area contributed by atoms with E-state index in [2.05, 4.69) is 15.0 Å². The van der Waals surface area contributed by atoms with Crippen molar-refractivity contribution in [2.45, 2.75) is 18.8 Å². The molecule has 148 valence electrons. The molecular formula is C22H27N3O3. The van der Waals surface area contributed by atoms with E-state index in [1.165, 1.54) is 7.11 Å². The molecule has 0 aliphatic carbocycles. The Balaban J connectivity index is 1.70. The summed E-state index contributed by atoms with van der Waals surface area (Å²) in [5.74, 6) is -0.634. The first-order valence-corrected chi connectivity index (χ1v) is 9.58. The molecule has 1 atom stereocenters. The summed E-state index contributed by atoms with van der Waals surface area (Å²) in [7, 11) is 1.32. The first-order chi connectivity index (χ1) is 13.6. The fraction of sp³-hybridized carbons (Fsp3) is 0.364. The molecule has 3 N–H and O–H groups in total. The number of anilines is 2. The number of piperidine rings is 1. The number of nitrogen functional groups attached to an aromatic ring is 1. The summed E-state index contributed by atoms with van der Waals surface area (Å²) in [5, 5.41) is 2.74. The van der Waals surface area contributed by atoms with E-state index in [-0.39, 0.29) is 24.3 Å². The molecule has 2 aromatic carbocycles. The number of benzene rings is 2. The van der Waals surface area contributed by atoms with Crippen LogP contribution in [0.2, 0.25) is 0 Å². The lowest BCUT2D eigenvalue weighted by Crippen LogP contribution is -2.41. The molecule has 1 saturated heterocycles. The Labute approximate surface area is 165 Å². The minimum Gasteiger partial charge on any atom is -0.468 e. The zero-order valence-corrected chi connectivity index (χ0v) is 16.1. The predicted molar refractivity (Wildman–Crippen MR) is 110 cm³/mol. The molecule has 2 aromatic rings. The van der Waals surface area contributed by atoms with Gasteiger partial charge in [0.15, 0.2) is 0 Å². The maximum atomic E-state index is 12.9. The summed E-state index contributed by atoms with van der Waals surface area (Å²) in [6.45, 7) is 1.65. The summed E-state index contributed by atoms with van der Waals surface area (Å²) in [6.07, 6.45) is 1.80. The highest BCUT2D eigenvalue weighted by Gasteiger charge is 2.32. The SMILES string of the molecule is COC(=O)CNC(=O)C(c1ccccc1)C1CCN(c2ccc(N)cc2)CC1. The van der Waals surface area contributed by atoms with Gasteiger partial charge in [0.2, 0.25) is 5.91 Å². The van der Waals surface area contributed by atoms with Gasteiger partial charge >= 0.3 is 5.97 Å². The molecule has 28 heavy (non-hydrogen) atoms. The van der Waals surface area contributed by atoms with Crippen molar-refractivity contribution >= 4 is 23.3 Å². The Morgan fingerprint density at radius 1 is 1.11 bits per heavy atom. The van der Waals surface area contributed by atoms with Gasteiger partial charge < -0.3 is 20.7 Å². The van der Waals surface area contributed by atoms with E-state index in [0.717, 1.165) is 42.9 Å². The number of amides is 1. The second kappa shape index (κ2) is 9.26. The van der Waals surface area contributed by atoms with Gasteiger partial charge in [0.1, 0.15) is 6.54 Å². The van der Waals surface area contributed by atoms with Crippen LogP contribution in [0.1, 0.15) is 24.3 Å². The minimum atomic E-state index is -0.446. The molecular weight excluding hydrogens is 354 g/mol. The molecule has 1 aliphatic heterocycles. The third-order valence-corrected chi connectivity index (χ3v) is 5.35. The molecule has 6 nitrogen and oxygen atoms in total. The van der Waals surface area contributed by atoms with Crippen molar-refractivity contribution in [3.8, 4) is 0 Å². The lowest BCUT2D eigenvalue weighted by atomic mass is 9.79. The fourth-order valence-corrected chi connectivity index (χ4v) is 3.82. The standard InChI is InChI=1S/C22H27N3O3/c1-28-20(26)15-24-22(27)21(16-5-3-2-4-6-16)17-11-13-25(14-12-17)19-9-7-18(23)8-10-19/h2-10,17,21H,11-15,23H2,1H3,(H,24,27). The van der Waals surface area contributed by atoms with E-state index in [1.54, 1.807) is 0 Å². The normalized spacial score (nSPS) is 15.7. The van der Waals surface area contributed by atoms with Crippen molar-refractivity contribution in [1.29, 1.82) is 0 Å². The zero-order chi connectivity index (χ0) is 19.9. The molecule has 1 heterocycles. The number of carbonyl (C=O) groups is 2. The van der Waals surface area contributed by atoms with E-state index in [0.29, 0.717) is 0 Å². The molecule has 1 amide bonds. The molecule has 1 unspecified atom stereocenters. The van der Waals surface area contributed by atoms with Crippen molar-refractivity contribution in [2.75, 3.05) is 37.4 Å². The van der Waals surface area contributed by atoms with Crippen LogP contribution in [-0.4, -0.2) is 38.6 Å². The Morgan fingerprint density at radius 2 is 1.75 bits per heavy atom. The highest BCUT2D eigenvalue weighted by atomic mass is 16.5. The van der Waals surface area contributed by atoms with Gasteiger partial charge in [-0.2, -0.15) is 0 Å². The summed E-state index contributed by atoms with van der Waals surface area (Å²) in [5.41, 5.74) is 8.67. The minimum absolute atomic E-state index is 0.108. The lowest BCUT2D eigenvalue weighted by Gasteiger charge is -2.37. The summed E-state index contributed by atoms with van der Waals surface area (Å²) >= 11 is 0. The van der Waals surface area contributed by atoms with Gasteiger partial charge in [0.25, 0.3) is 0 Å². The van der Waals surface area contributed by atoms with Gasteiger partial charge in [0, 0.05) is 24.5 Å². The fourth-order valence-electron chi connectivity index (χ4n) is 3.82. The van der Waals surface area contributed by atoms with Crippen molar-refractivity contribution in [3.05, 3.63) is 60.2 Å². The van der Waals surface area contributed by atoms with Gasteiger partial charge in [-0.05, 0) is 48.6 Å². The van der Waals surface area contributed by atoms with Crippen molar-refractivity contribution in [2.24, 2.45) is 5.92 Å². The van der Waals surface area contributed by atoms with Gasteiger partial charge in [-0.25, -0.2) is 0 Å². The molecule has 0 aromatic heterocycles. The van der Waals surface area contributed by atoms with E-state index in [9.17, 15) is 9.59 Å². The smallest absolute Gasteiger partial charge is 0.325 e. The lowest BCUT2D eigenvalue weighted by molar-refractivity contribution is -0.141. The molecule has 0 radical (unpaired) electrons. The summed E-state index contributed by atoms with van der Waals surface area (Å²) in [6, 6.07) is 17.7. The molecule has 1 aliphatic rings. The number of methoxy groups -OCH3 is 1. The van der Waals surface area contributed by atoms with Crippen LogP contribution in [0.3, 0.4) is 0 Å². The topological polar surface area (TPSA) is 84.7 Å². The monoisotopic (exact) mass is 381 g/mol. The first kappa shape index (κ1) is 19.7. The summed E-state index contributed by atoms with van der Waals surface area (Å²) in [4.78, 5) is 26.7. The van der Waals surface area contributed by atoms with Gasteiger partial charge in [-0.15, -0.1) is 0 Å². The average Bonchev–Trinajstić information content (AvgIpc) is 2.74. The van der Waals surface area contributed by atoms with Crippen LogP contribution < -0.4 is 16.0 Å². The Kier molecular flexibility index (Phi) is 6.53. The maximum Gasteiger partial charge on any atom is 0.325 e. The average molecular weight is 381 g/mol. The maximum absolute atomic E-state index is 12.9. The van der Waals surface area contributed by atoms with Gasteiger partial charge in [0.05, 0.1) is 13.0 Å². The van der Waals surface area contributed by atoms with Crippen LogP contribution in [0.4, 0.5) is 11.4 Å². The van der Waals surface area contributed by atoms with Crippen LogP contribution >= 0.6 is 0 Å². The predicted octanol–water partition coefficient (Wildman–Crippen LogP) is 2.56. The van der Waals surface area contributed by atoms with Crippen LogP contribution in [0.25, 0.3) is 0 Å². The van der Waals surface area contributed by atoms with Crippen molar-refractivity contribution in [3.63, 3.8) is 0 Å². The van der Waals surface area contributed by atoms with Crippen LogP contribution in [0.15, 0.2) is 54.6 Å². The number of esters is 1. The van der Waals surface area contributed by atoms with Crippen LogP contribution in [0.5, 0.6) is 0 Å². The highest BCUT2D eigenvalue weighted by Crippen LogP contribution is 2.34. The molecule has 0 saturated carbocycles. The Morgan fingerprint density at radius 3 is 2.36 bits per heavy atom. The van der Waals surface area contributed by atoms with Gasteiger partial charge in [-0.3, -0.25) is 9.59 Å². The molecule has 0 bridgehead atoms. The molecule has 3 rings (SSSR count). The van der Waals surface area contributed by atoms with E-state index in [1.807, 2.05) is 54.6 Å². The number of ether oxygens (including phenoxy) is 1. The summed E-state index contributed by atoms with van der Waals surface area (Å²) < 4.78 is 4.63. The van der Waals surface area contributed by atoms with E-state index >= 15 is 0 Å². The van der Waals surface area contributed by atoms with Crippen LogP contribution in [0, 0.1) is 5.92 Å². The van der Waals surface area contributed by atoms with E-state index < -0.39 is 5.97 Å². The molecule has 1 fully saturated rings. The second-order valence-corrected chi connectivity index (χ2v) is 7.10. The number of nitrogens with one attached hydrogen (secondary N) is 1. The first-order valence-electron chi connectivity index (χ1n) is 9.58.